The van der Waals surface area contributed by atoms with Crippen LogP contribution in [-0.2, 0) is 22.3 Å². The summed E-state index contributed by atoms with van der Waals surface area (Å²) in [6, 6.07) is 4.39. The van der Waals surface area contributed by atoms with E-state index in [4.69, 9.17) is 9.84 Å². The Labute approximate surface area is 95.8 Å². The summed E-state index contributed by atoms with van der Waals surface area (Å²) in [4.78, 5) is 10.4. The fourth-order valence-electron chi connectivity index (χ4n) is 1.08. The number of aliphatic carboxylic acids is 1. The van der Waals surface area contributed by atoms with Gasteiger partial charge in [-0.1, -0.05) is 12.1 Å². The largest absolute Gasteiger partial charge is 0.479 e. The summed E-state index contributed by atoms with van der Waals surface area (Å²) in [6.45, 7) is 1.32. The third kappa shape index (κ3) is 4.07. The van der Waals surface area contributed by atoms with Gasteiger partial charge in [0, 0.05) is 0 Å². The maximum Gasteiger partial charge on any atom is 0.416 e. The number of hydrogen-bond acceptors (Lipinski definition) is 2. The minimum absolute atomic E-state index is 0.0361. The highest BCUT2D eigenvalue weighted by atomic mass is 19.4. The molecule has 0 aromatic heterocycles. The number of halogens is 3. The fraction of sp³-hybridized carbons (Fsp3) is 0.364. The smallest absolute Gasteiger partial charge is 0.416 e. The van der Waals surface area contributed by atoms with Gasteiger partial charge in [0.25, 0.3) is 0 Å². The number of ether oxygens (including phenoxy) is 1. The van der Waals surface area contributed by atoms with Crippen molar-refractivity contribution in [3.05, 3.63) is 35.4 Å². The van der Waals surface area contributed by atoms with Crippen molar-refractivity contribution in [1.82, 2.24) is 0 Å². The first-order valence-corrected chi connectivity index (χ1v) is 4.81. The monoisotopic (exact) mass is 248 g/mol. The highest BCUT2D eigenvalue weighted by molar-refractivity contribution is 5.71. The summed E-state index contributed by atoms with van der Waals surface area (Å²) in [7, 11) is 0. The summed E-state index contributed by atoms with van der Waals surface area (Å²) in [5.41, 5.74) is -0.251. The maximum absolute atomic E-state index is 12.2. The molecule has 1 atom stereocenters. The van der Waals surface area contributed by atoms with Gasteiger partial charge in [0.15, 0.2) is 6.10 Å². The van der Waals surface area contributed by atoms with Crippen molar-refractivity contribution in [3.8, 4) is 0 Å². The third-order valence-corrected chi connectivity index (χ3v) is 2.13. The molecule has 94 valence electrons. The Hall–Kier alpha value is -1.56. The summed E-state index contributed by atoms with van der Waals surface area (Å²) >= 11 is 0. The van der Waals surface area contributed by atoms with Crippen molar-refractivity contribution in [2.75, 3.05) is 0 Å². The van der Waals surface area contributed by atoms with E-state index in [0.717, 1.165) is 12.1 Å². The van der Waals surface area contributed by atoms with Gasteiger partial charge in [0.05, 0.1) is 12.2 Å². The van der Waals surface area contributed by atoms with Crippen molar-refractivity contribution < 1.29 is 27.8 Å². The van der Waals surface area contributed by atoms with Gasteiger partial charge in [-0.05, 0) is 24.6 Å². The standard InChI is InChI=1S/C11H11F3O3/c1-7(10(15)16)17-6-8-2-4-9(5-3-8)11(12,13)14/h2-5,7H,6H2,1H3,(H,15,16)/t7-/m0/s1. The molecule has 0 amide bonds. The lowest BCUT2D eigenvalue weighted by Crippen LogP contribution is -2.19. The van der Waals surface area contributed by atoms with Crippen LogP contribution >= 0.6 is 0 Å². The van der Waals surface area contributed by atoms with Crippen LogP contribution in [0, 0.1) is 0 Å². The predicted molar refractivity (Wildman–Crippen MR) is 53.3 cm³/mol. The first kappa shape index (κ1) is 13.5. The number of hydrogen-bond donors (Lipinski definition) is 1. The number of benzene rings is 1. The Morgan fingerprint density at radius 1 is 1.35 bits per heavy atom. The molecule has 0 unspecified atom stereocenters. The molecule has 0 fully saturated rings. The molecule has 0 radical (unpaired) electrons. The predicted octanol–water partition coefficient (Wildman–Crippen LogP) is 2.70. The first-order valence-electron chi connectivity index (χ1n) is 4.81. The third-order valence-electron chi connectivity index (χ3n) is 2.13. The average Bonchev–Trinajstić information content (AvgIpc) is 2.25. The molecule has 1 rings (SSSR count). The number of rotatable bonds is 4. The van der Waals surface area contributed by atoms with E-state index in [0.29, 0.717) is 5.56 Å². The molecule has 0 aliphatic carbocycles. The van der Waals surface area contributed by atoms with E-state index >= 15 is 0 Å². The molecule has 0 spiro atoms. The van der Waals surface area contributed by atoms with Crippen LogP contribution in [0.3, 0.4) is 0 Å². The number of carboxylic acid groups (broad SMARTS) is 1. The second-order valence-corrected chi connectivity index (χ2v) is 3.49. The van der Waals surface area contributed by atoms with Gasteiger partial charge in [-0.25, -0.2) is 4.79 Å². The SMILES string of the molecule is C[C@H](OCc1ccc(C(F)(F)F)cc1)C(=O)O. The lowest BCUT2D eigenvalue weighted by atomic mass is 10.1. The topological polar surface area (TPSA) is 46.5 Å². The van der Waals surface area contributed by atoms with Crippen molar-refractivity contribution in [1.29, 1.82) is 0 Å². The fourth-order valence-corrected chi connectivity index (χ4v) is 1.08. The van der Waals surface area contributed by atoms with Crippen LogP contribution < -0.4 is 0 Å². The molecule has 0 aliphatic heterocycles. The van der Waals surface area contributed by atoms with Crippen LogP contribution in [0.2, 0.25) is 0 Å². The van der Waals surface area contributed by atoms with E-state index in [1.807, 2.05) is 0 Å². The molecule has 3 nitrogen and oxygen atoms in total. The quantitative estimate of drug-likeness (QED) is 0.891. The van der Waals surface area contributed by atoms with Crippen molar-refractivity contribution in [2.24, 2.45) is 0 Å². The second kappa shape index (κ2) is 5.18. The molecule has 0 heterocycles. The highest BCUT2D eigenvalue weighted by Crippen LogP contribution is 2.29. The Balaban J connectivity index is 2.60. The second-order valence-electron chi connectivity index (χ2n) is 3.49. The molecular weight excluding hydrogens is 237 g/mol. The zero-order valence-electron chi connectivity index (χ0n) is 8.99. The van der Waals surface area contributed by atoms with Crippen LogP contribution in [0.1, 0.15) is 18.1 Å². The van der Waals surface area contributed by atoms with Gasteiger partial charge in [0.2, 0.25) is 0 Å². The minimum atomic E-state index is -4.37. The van der Waals surface area contributed by atoms with E-state index in [-0.39, 0.29) is 6.61 Å². The summed E-state index contributed by atoms with van der Waals surface area (Å²) < 4.78 is 41.6. The van der Waals surface area contributed by atoms with Gasteiger partial charge in [-0.15, -0.1) is 0 Å². The highest BCUT2D eigenvalue weighted by Gasteiger charge is 2.29. The van der Waals surface area contributed by atoms with Crippen LogP contribution in [0.15, 0.2) is 24.3 Å². The molecule has 1 N–H and O–H groups in total. The van der Waals surface area contributed by atoms with Crippen LogP contribution in [0.25, 0.3) is 0 Å². The summed E-state index contributed by atoms with van der Waals surface area (Å²) in [6.07, 6.45) is -5.36. The van der Waals surface area contributed by atoms with E-state index < -0.39 is 23.8 Å². The Kier molecular flexibility index (Phi) is 4.11. The van der Waals surface area contributed by atoms with E-state index in [1.165, 1.54) is 19.1 Å². The van der Waals surface area contributed by atoms with Crippen LogP contribution in [-0.4, -0.2) is 17.2 Å². The van der Waals surface area contributed by atoms with Gasteiger partial charge >= 0.3 is 12.1 Å². The van der Waals surface area contributed by atoms with E-state index in [9.17, 15) is 18.0 Å². The van der Waals surface area contributed by atoms with E-state index in [2.05, 4.69) is 0 Å². The molecule has 0 saturated heterocycles. The Bertz CT molecular complexity index is 384. The Morgan fingerprint density at radius 3 is 2.29 bits per heavy atom. The maximum atomic E-state index is 12.2. The number of carbonyl (C=O) groups is 1. The first-order chi connectivity index (χ1) is 7.80. The van der Waals surface area contributed by atoms with Gasteiger partial charge < -0.3 is 9.84 Å². The van der Waals surface area contributed by atoms with Crippen molar-refractivity contribution >= 4 is 5.97 Å². The number of carboxylic acids is 1. The molecule has 6 heteroatoms. The van der Waals surface area contributed by atoms with Crippen molar-refractivity contribution in [2.45, 2.75) is 25.8 Å². The lowest BCUT2D eigenvalue weighted by Gasteiger charge is -2.10. The summed E-state index contributed by atoms with van der Waals surface area (Å²) in [5.74, 6) is -1.11. The average molecular weight is 248 g/mol. The minimum Gasteiger partial charge on any atom is -0.479 e. The van der Waals surface area contributed by atoms with Crippen molar-refractivity contribution in [3.63, 3.8) is 0 Å². The zero-order valence-corrected chi connectivity index (χ0v) is 8.99. The molecule has 1 aromatic rings. The van der Waals surface area contributed by atoms with Gasteiger partial charge in [0.1, 0.15) is 0 Å². The lowest BCUT2D eigenvalue weighted by molar-refractivity contribution is -0.149. The normalized spacial score (nSPS) is 13.4. The number of alkyl halides is 3. The molecule has 17 heavy (non-hydrogen) atoms. The zero-order chi connectivity index (χ0) is 13.1. The molecule has 1 aromatic carbocycles. The molecular formula is C11H11F3O3. The van der Waals surface area contributed by atoms with Crippen LogP contribution in [0.4, 0.5) is 13.2 Å². The van der Waals surface area contributed by atoms with Gasteiger partial charge in [-0.3, -0.25) is 0 Å². The Morgan fingerprint density at radius 2 is 1.88 bits per heavy atom. The molecule has 0 aliphatic rings. The molecule has 0 bridgehead atoms. The molecule has 0 saturated carbocycles. The van der Waals surface area contributed by atoms with Crippen LogP contribution in [0.5, 0.6) is 0 Å². The van der Waals surface area contributed by atoms with E-state index in [1.54, 1.807) is 0 Å². The summed E-state index contributed by atoms with van der Waals surface area (Å²) in [5, 5.41) is 8.54. The van der Waals surface area contributed by atoms with Gasteiger partial charge in [-0.2, -0.15) is 13.2 Å².